The maximum atomic E-state index is 14.8. The second kappa shape index (κ2) is 21.7. The Bertz CT molecular complexity index is 3480. The predicted molar refractivity (Wildman–Crippen MR) is 311 cm³/mol. The van der Waals surface area contributed by atoms with Gasteiger partial charge in [0.2, 0.25) is 0 Å². The van der Waals surface area contributed by atoms with Crippen molar-refractivity contribution < 1.29 is 32.2 Å². The minimum absolute atomic E-state index is 0.211. The number of alkyl halides is 3. The molecule has 1 fully saturated rings. The van der Waals surface area contributed by atoms with Crippen LogP contribution in [-0.2, 0) is 17.2 Å². The van der Waals surface area contributed by atoms with Gasteiger partial charge in [-0.15, -0.1) is 0 Å². The number of rotatable bonds is 16. The van der Waals surface area contributed by atoms with Gasteiger partial charge in [-0.2, -0.15) is 13.2 Å². The molecule has 0 bridgehead atoms. The first-order chi connectivity index (χ1) is 37.8. The van der Waals surface area contributed by atoms with Gasteiger partial charge in [0.1, 0.15) is 17.2 Å². The van der Waals surface area contributed by atoms with Gasteiger partial charge in [-0.05, 0) is 172 Å². The molecule has 1 aliphatic heterocycles. The number of anilines is 1. The SMILES string of the molecule is CCCCCC1CCC(c2ccc(-c3ccc(NC(=O)c4ccc(-c5ccc6c(c5)-c5c(c7c(c8cc(C(F)(F)F)ccc58)OC(c5ccc(OC)cc5)(c5ccc(OCCCC)cc5)C=C7)C6(C)C)cc4)cc3)cc2)CC1. The van der Waals surface area contributed by atoms with E-state index in [0.29, 0.717) is 46.0 Å². The first-order valence-electron chi connectivity index (χ1n) is 28.0. The number of unbranched alkanes of at least 4 members (excludes halogenated alkanes) is 3. The monoisotopic (exact) mass is 1040 g/mol. The van der Waals surface area contributed by atoms with Crippen molar-refractivity contribution in [3.05, 3.63) is 208 Å². The van der Waals surface area contributed by atoms with Gasteiger partial charge in [0.05, 0.1) is 19.3 Å². The number of benzene rings is 8. The average Bonchev–Trinajstić information content (AvgIpc) is 3.83. The maximum Gasteiger partial charge on any atom is 0.416 e. The third-order valence-corrected chi connectivity index (χ3v) is 16.9. The van der Waals surface area contributed by atoms with Crippen molar-refractivity contribution in [3.63, 3.8) is 0 Å². The summed E-state index contributed by atoms with van der Waals surface area (Å²) in [5, 5.41) is 4.11. The van der Waals surface area contributed by atoms with Crippen molar-refractivity contribution in [1.82, 2.24) is 0 Å². The largest absolute Gasteiger partial charge is 0.497 e. The van der Waals surface area contributed by atoms with E-state index >= 15 is 0 Å². The summed E-state index contributed by atoms with van der Waals surface area (Å²) in [4.78, 5) is 13.7. The third kappa shape index (κ3) is 10.1. The number of hydrogen-bond acceptors (Lipinski definition) is 4. The number of carbonyl (C=O) groups is 1. The fourth-order valence-corrected chi connectivity index (χ4v) is 12.5. The van der Waals surface area contributed by atoms with Crippen LogP contribution in [0.15, 0.2) is 164 Å². The number of halogens is 3. The molecule has 1 atom stereocenters. The van der Waals surface area contributed by atoms with Crippen LogP contribution in [-0.4, -0.2) is 19.6 Å². The second-order valence-electron chi connectivity index (χ2n) is 22.2. The number of hydrogen-bond donors (Lipinski definition) is 1. The number of nitrogens with one attached hydrogen (secondary N) is 1. The molecule has 8 aromatic carbocycles. The molecule has 0 saturated heterocycles. The molecule has 8 heteroatoms. The van der Waals surface area contributed by atoms with E-state index in [1.807, 2.05) is 97.1 Å². The number of ether oxygens (including phenoxy) is 3. The summed E-state index contributed by atoms with van der Waals surface area (Å²) < 4.78 is 63.2. The highest BCUT2D eigenvalue weighted by atomic mass is 19.4. The van der Waals surface area contributed by atoms with Gasteiger partial charge in [0.15, 0.2) is 5.60 Å². The van der Waals surface area contributed by atoms with Crippen LogP contribution in [0.25, 0.3) is 50.2 Å². The molecule has 398 valence electrons. The molecular weight excluding hydrogens is 976 g/mol. The minimum atomic E-state index is -4.59. The molecule has 1 unspecified atom stereocenters. The number of fused-ring (bicyclic) bond motifs is 8. The van der Waals surface area contributed by atoms with Gasteiger partial charge in [-0.3, -0.25) is 4.79 Å². The molecule has 1 heterocycles. The van der Waals surface area contributed by atoms with Crippen LogP contribution in [0.1, 0.15) is 147 Å². The van der Waals surface area contributed by atoms with E-state index in [-0.39, 0.29) is 5.91 Å². The standard InChI is InChI=1S/C70H68F3NO4/c1-6-8-10-11-45-12-14-46(15-13-45)47-16-18-48(19-17-47)49-24-32-56(33-25-49)74-67(75)51-22-20-50(21-23-51)52-26-39-63-62(43-52)64-59-38-31-55(70(71,72)73)44-61(59)66-60(65(64)68(63,3)4)40-41-69(78-66,53-27-34-57(76-5)35-28-53)54-29-36-58(37-30-54)77-42-9-7-2/h16-41,43-46H,6-15,42H2,1-5H3,(H,74,75). The van der Waals surface area contributed by atoms with Crippen molar-refractivity contribution in [3.8, 4) is 50.6 Å². The highest BCUT2D eigenvalue weighted by Crippen LogP contribution is 2.59. The summed E-state index contributed by atoms with van der Waals surface area (Å²) in [6.45, 7) is 9.33. The third-order valence-electron chi connectivity index (χ3n) is 16.9. The molecule has 3 aliphatic rings. The summed E-state index contributed by atoms with van der Waals surface area (Å²) in [5.74, 6) is 3.11. The molecule has 8 aromatic rings. The van der Waals surface area contributed by atoms with Gasteiger partial charge >= 0.3 is 6.18 Å². The zero-order valence-electron chi connectivity index (χ0n) is 45.4. The van der Waals surface area contributed by atoms with E-state index < -0.39 is 22.8 Å². The molecule has 2 aliphatic carbocycles. The van der Waals surface area contributed by atoms with Crippen LogP contribution >= 0.6 is 0 Å². The number of amides is 1. The van der Waals surface area contributed by atoms with Gasteiger partial charge < -0.3 is 19.5 Å². The quantitative estimate of drug-likeness (QED) is 0.0980. The fourth-order valence-electron chi connectivity index (χ4n) is 12.5. The van der Waals surface area contributed by atoms with E-state index in [9.17, 15) is 18.0 Å². The summed E-state index contributed by atoms with van der Waals surface area (Å²) in [7, 11) is 1.61. The van der Waals surface area contributed by atoms with Crippen LogP contribution in [0, 0.1) is 5.92 Å². The molecule has 11 rings (SSSR count). The van der Waals surface area contributed by atoms with E-state index in [0.717, 1.165) is 85.7 Å². The molecule has 78 heavy (non-hydrogen) atoms. The maximum absolute atomic E-state index is 14.8. The Morgan fingerprint density at radius 1 is 0.667 bits per heavy atom. The Morgan fingerprint density at radius 3 is 1.92 bits per heavy atom. The van der Waals surface area contributed by atoms with Crippen molar-refractivity contribution in [2.75, 3.05) is 19.0 Å². The lowest BCUT2D eigenvalue weighted by molar-refractivity contribution is -0.137. The molecule has 0 spiro atoms. The van der Waals surface area contributed by atoms with E-state index in [2.05, 4.69) is 87.6 Å². The smallest absolute Gasteiger partial charge is 0.416 e. The van der Waals surface area contributed by atoms with Gasteiger partial charge in [-0.1, -0.05) is 157 Å². The van der Waals surface area contributed by atoms with Crippen LogP contribution in [0.2, 0.25) is 0 Å². The Balaban J connectivity index is 0.865. The second-order valence-corrected chi connectivity index (χ2v) is 22.2. The van der Waals surface area contributed by atoms with Gasteiger partial charge in [0, 0.05) is 38.7 Å². The first kappa shape index (κ1) is 52.5. The van der Waals surface area contributed by atoms with Crippen LogP contribution in [0.5, 0.6) is 17.2 Å². The van der Waals surface area contributed by atoms with Crippen molar-refractivity contribution in [2.24, 2.45) is 5.92 Å². The lowest BCUT2D eigenvalue weighted by Crippen LogP contribution is -2.35. The molecular formula is C70H68F3NO4. The van der Waals surface area contributed by atoms with Gasteiger partial charge in [-0.25, -0.2) is 0 Å². The van der Waals surface area contributed by atoms with E-state index in [4.69, 9.17) is 14.2 Å². The Hall–Kier alpha value is -7.58. The van der Waals surface area contributed by atoms with Gasteiger partial charge in [0.25, 0.3) is 5.91 Å². The zero-order valence-corrected chi connectivity index (χ0v) is 45.4. The normalized spacial score (nSPS) is 18.2. The fraction of sp³-hybridized carbons (Fsp3) is 0.300. The van der Waals surface area contributed by atoms with E-state index in [1.54, 1.807) is 13.2 Å². The lowest BCUT2D eigenvalue weighted by Gasteiger charge is -2.38. The Kier molecular flexibility index (Phi) is 14.6. The number of carbonyl (C=O) groups excluding carboxylic acids is 1. The molecule has 0 aromatic heterocycles. The highest BCUT2D eigenvalue weighted by molar-refractivity contribution is 6.09. The topological polar surface area (TPSA) is 56.8 Å². The summed E-state index contributed by atoms with van der Waals surface area (Å²) >= 11 is 0. The van der Waals surface area contributed by atoms with E-state index in [1.165, 1.54) is 69.1 Å². The summed E-state index contributed by atoms with van der Waals surface area (Å²) in [5.41, 5.74) is 10.4. The first-order valence-corrected chi connectivity index (χ1v) is 28.0. The van der Waals surface area contributed by atoms with Crippen LogP contribution in [0.4, 0.5) is 18.9 Å². The molecule has 0 radical (unpaired) electrons. The summed E-state index contributed by atoms with van der Waals surface area (Å²) in [6, 6.07) is 50.4. The molecule has 1 N–H and O–H groups in total. The van der Waals surface area contributed by atoms with Crippen molar-refractivity contribution >= 4 is 28.4 Å². The van der Waals surface area contributed by atoms with Crippen LogP contribution < -0.4 is 19.5 Å². The molecule has 1 amide bonds. The minimum Gasteiger partial charge on any atom is -0.497 e. The molecule has 1 saturated carbocycles. The Morgan fingerprint density at radius 2 is 1.28 bits per heavy atom. The molecule has 5 nitrogen and oxygen atoms in total. The van der Waals surface area contributed by atoms with Crippen molar-refractivity contribution in [2.45, 2.75) is 115 Å². The predicted octanol–water partition coefficient (Wildman–Crippen LogP) is 19.1. The lowest BCUT2D eigenvalue weighted by atomic mass is 9.76. The summed E-state index contributed by atoms with van der Waals surface area (Å²) in [6.07, 6.45) is 12.1. The van der Waals surface area contributed by atoms with Crippen molar-refractivity contribution in [1.29, 1.82) is 0 Å². The van der Waals surface area contributed by atoms with Crippen LogP contribution in [0.3, 0.4) is 0 Å². The zero-order chi connectivity index (χ0) is 54.2. The number of methoxy groups -OCH3 is 1. The average molecular weight is 1040 g/mol. The Labute approximate surface area is 457 Å². The highest BCUT2D eigenvalue weighted by Gasteiger charge is 2.45.